The number of carbonyl (C=O) groups excluding carboxylic acids is 1. The van der Waals surface area contributed by atoms with Crippen LogP contribution in [0.5, 0.6) is 0 Å². The molecular weight excluding hydrogens is 401 g/mol. The number of nitrogens with zero attached hydrogens (tertiary/aromatic N) is 3. The number of anilines is 5. The Balaban J connectivity index is 1.44. The van der Waals surface area contributed by atoms with Crippen LogP contribution in [0.3, 0.4) is 0 Å². The maximum Gasteiger partial charge on any atom is 0.265 e. The van der Waals surface area contributed by atoms with Gasteiger partial charge in [-0.05, 0) is 48.5 Å². The molecule has 0 spiro atoms. The van der Waals surface area contributed by atoms with Gasteiger partial charge in [-0.3, -0.25) is 10.2 Å². The second-order valence-electron chi connectivity index (χ2n) is 6.84. The molecule has 1 amide bonds. The number of nitrogens with two attached hydrogens (primary N) is 1. The first-order chi connectivity index (χ1) is 15.1. The molecule has 1 saturated heterocycles. The summed E-state index contributed by atoms with van der Waals surface area (Å²) in [4.78, 5) is 22.0. The van der Waals surface area contributed by atoms with Gasteiger partial charge in [0.15, 0.2) is 11.6 Å². The van der Waals surface area contributed by atoms with Crippen molar-refractivity contribution in [3.05, 3.63) is 66.1 Å². The fourth-order valence-electron chi connectivity index (χ4n) is 3.15. The van der Waals surface area contributed by atoms with Crippen molar-refractivity contribution >= 4 is 34.7 Å². The van der Waals surface area contributed by atoms with E-state index in [9.17, 15) is 9.18 Å². The van der Waals surface area contributed by atoms with Crippen LogP contribution in [0.15, 0.2) is 54.7 Å². The molecule has 0 unspecified atom stereocenters. The lowest BCUT2D eigenvalue weighted by Gasteiger charge is -2.28. The molecule has 1 aliphatic heterocycles. The first-order valence-corrected chi connectivity index (χ1v) is 9.73. The van der Waals surface area contributed by atoms with Crippen molar-refractivity contribution in [1.82, 2.24) is 15.4 Å². The molecule has 2 aromatic carbocycles. The minimum absolute atomic E-state index is 0.0125. The minimum atomic E-state index is -0.600. The van der Waals surface area contributed by atoms with Gasteiger partial charge in [0, 0.05) is 35.7 Å². The first kappa shape index (κ1) is 20.5. The molecule has 2 heterocycles. The van der Waals surface area contributed by atoms with Gasteiger partial charge < -0.3 is 20.3 Å². The third-order valence-corrected chi connectivity index (χ3v) is 4.78. The summed E-state index contributed by atoms with van der Waals surface area (Å²) in [5, 5.41) is 5.97. The van der Waals surface area contributed by atoms with Crippen molar-refractivity contribution in [2.45, 2.75) is 0 Å². The SMILES string of the molecule is NNC(=O)c1ccc(Nc2nc(Nc3ccc(N4CCOCC4)cc3)ncc2F)cc1. The van der Waals surface area contributed by atoms with Gasteiger partial charge in [0.25, 0.3) is 5.91 Å². The number of amides is 1. The maximum atomic E-state index is 14.2. The highest BCUT2D eigenvalue weighted by Gasteiger charge is 2.12. The molecule has 0 atom stereocenters. The van der Waals surface area contributed by atoms with Gasteiger partial charge in [-0.15, -0.1) is 0 Å². The number of nitrogen functional groups attached to an aromatic ring is 1. The van der Waals surface area contributed by atoms with E-state index in [-0.39, 0.29) is 11.8 Å². The van der Waals surface area contributed by atoms with Gasteiger partial charge >= 0.3 is 0 Å². The molecule has 160 valence electrons. The Morgan fingerprint density at radius 2 is 1.65 bits per heavy atom. The van der Waals surface area contributed by atoms with Crippen molar-refractivity contribution in [1.29, 1.82) is 0 Å². The highest BCUT2D eigenvalue weighted by Crippen LogP contribution is 2.23. The quantitative estimate of drug-likeness (QED) is 0.271. The van der Waals surface area contributed by atoms with E-state index in [2.05, 4.69) is 30.9 Å². The number of morpholine rings is 1. The molecule has 10 heteroatoms. The second kappa shape index (κ2) is 9.37. The Bertz CT molecular complexity index is 1040. The molecule has 1 aromatic heterocycles. The number of ether oxygens (including phenoxy) is 1. The zero-order valence-corrected chi connectivity index (χ0v) is 16.6. The number of hydrogen-bond acceptors (Lipinski definition) is 8. The first-order valence-electron chi connectivity index (χ1n) is 9.73. The molecule has 4 rings (SSSR count). The van der Waals surface area contributed by atoms with Crippen LogP contribution in [-0.2, 0) is 4.74 Å². The van der Waals surface area contributed by atoms with E-state index in [0.29, 0.717) is 11.3 Å². The summed E-state index contributed by atoms with van der Waals surface area (Å²) >= 11 is 0. The zero-order valence-electron chi connectivity index (χ0n) is 16.6. The van der Waals surface area contributed by atoms with Crippen molar-refractivity contribution in [3.63, 3.8) is 0 Å². The summed E-state index contributed by atoms with van der Waals surface area (Å²) < 4.78 is 19.6. The molecule has 0 saturated carbocycles. The normalized spacial score (nSPS) is 13.5. The van der Waals surface area contributed by atoms with Crippen LogP contribution >= 0.6 is 0 Å². The Hall–Kier alpha value is -3.76. The molecule has 0 radical (unpaired) electrons. The van der Waals surface area contributed by atoms with E-state index < -0.39 is 11.7 Å². The average Bonchev–Trinajstić information content (AvgIpc) is 2.82. The van der Waals surface area contributed by atoms with Gasteiger partial charge in [0.05, 0.1) is 19.4 Å². The molecule has 9 nitrogen and oxygen atoms in total. The van der Waals surface area contributed by atoms with Gasteiger partial charge in [0.2, 0.25) is 5.95 Å². The largest absolute Gasteiger partial charge is 0.378 e. The number of benzene rings is 2. The predicted octanol–water partition coefficient (Wildman–Crippen LogP) is 2.54. The van der Waals surface area contributed by atoms with Gasteiger partial charge in [0.1, 0.15) is 0 Å². The predicted molar refractivity (Wildman–Crippen MR) is 116 cm³/mol. The van der Waals surface area contributed by atoms with E-state index >= 15 is 0 Å². The highest BCUT2D eigenvalue weighted by atomic mass is 19.1. The van der Waals surface area contributed by atoms with Gasteiger partial charge in [-0.1, -0.05) is 0 Å². The average molecular weight is 423 g/mol. The van der Waals surface area contributed by atoms with Crippen LogP contribution in [0.1, 0.15) is 10.4 Å². The summed E-state index contributed by atoms with van der Waals surface area (Å²) in [6.07, 6.45) is 1.09. The Morgan fingerprint density at radius 3 is 2.32 bits per heavy atom. The highest BCUT2D eigenvalue weighted by molar-refractivity contribution is 5.94. The summed E-state index contributed by atoms with van der Waals surface area (Å²) in [6, 6.07) is 14.3. The van der Waals surface area contributed by atoms with E-state index in [1.54, 1.807) is 24.3 Å². The third kappa shape index (κ3) is 5.05. The molecule has 5 N–H and O–H groups in total. The Labute approximate surface area is 178 Å². The van der Waals surface area contributed by atoms with Crippen molar-refractivity contribution in [2.75, 3.05) is 41.8 Å². The van der Waals surface area contributed by atoms with E-state index in [1.807, 2.05) is 24.3 Å². The smallest absolute Gasteiger partial charge is 0.265 e. The summed E-state index contributed by atoms with van der Waals surface area (Å²) in [6.45, 7) is 3.17. The number of rotatable bonds is 6. The van der Waals surface area contributed by atoms with Crippen LogP contribution in [-0.4, -0.2) is 42.2 Å². The van der Waals surface area contributed by atoms with Crippen molar-refractivity contribution in [3.8, 4) is 0 Å². The number of halogens is 1. The molecule has 3 aromatic rings. The lowest BCUT2D eigenvalue weighted by atomic mass is 10.2. The zero-order chi connectivity index (χ0) is 21.6. The maximum absolute atomic E-state index is 14.2. The molecule has 31 heavy (non-hydrogen) atoms. The molecule has 0 bridgehead atoms. The fraction of sp³-hybridized carbons (Fsp3) is 0.190. The van der Waals surface area contributed by atoms with Crippen LogP contribution < -0.4 is 26.8 Å². The van der Waals surface area contributed by atoms with E-state index in [4.69, 9.17) is 10.6 Å². The summed E-state index contributed by atoms with van der Waals surface area (Å²) in [7, 11) is 0. The number of nitrogens with one attached hydrogen (secondary N) is 3. The number of hydrogen-bond donors (Lipinski definition) is 4. The van der Waals surface area contributed by atoms with Crippen molar-refractivity contribution in [2.24, 2.45) is 5.84 Å². The van der Waals surface area contributed by atoms with Crippen molar-refractivity contribution < 1.29 is 13.9 Å². The topological polar surface area (TPSA) is 117 Å². The summed E-state index contributed by atoms with van der Waals surface area (Å²) in [5.41, 5.74) is 4.90. The molecule has 0 aliphatic carbocycles. The standard InChI is InChI=1S/C21H22FN7O2/c22-18-13-24-21(26-16-5-7-17(8-6-16)29-9-11-31-12-10-29)27-19(18)25-15-3-1-14(2-4-15)20(30)28-23/h1-8,13H,9-12,23H2,(H,28,30)(H2,24,25,26,27). The van der Waals surface area contributed by atoms with Crippen LogP contribution in [0.25, 0.3) is 0 Å². The Morgan fingerprint density at radius 1 is 1.00 bits per heavy atom. The lowest BCUT2D eigenvalue weighted by Crippen LogP contribution is -2.36. The van der Waals surface area contributed by atoms with Gasteiger partial charge in [-0.2, -0.15) is 4.98 Å². The third-order valence-electron chi connectivity index (χ3n) is 4.78. The number of hydrazine groups is 1. The summed E-state index contributed by atoms with van der Waals surface area (Å²) in [5.74, 6) is 4.37. The van der Waals surface area contributed by atoms with Crippen LogP contribution in [0, 0.1) is 5.82 Å². The van der Waals surface area contributed by atoms with Crippen LogP contribution in [0.2, 0.25) is 0 Å². The lowest BCUT2D eigenvalue weighted by molar-refractivity contribution is 0.0953. The van der Waals surface area contributed by atoms with Crippen LogP contribution in [0.4, 0.5) is 33.2 Å². The molecule has 1 fully saturated rings. The minimum Gasteiger partial charge on any atom is -0.378 e. The number of aromatic nitrogens is 2. The van der Waals surface area contributed by atoms with E-state index in [0.717, 1.165) is 43.9 Å². The second-order valence-corrected chi connectivity index (χ2v) is 6.84. The van der Waals surface area contributed by atoms with E-state index in [1.165, 1.54) is 0 Å². The monoisotopic (exact) mass is 423 g/mol. The fourth-order valence-corrected chi connectivity index (χ4v) is 3.15. The van der Waals surface area contributed by atoms with Gasteiger partial charge in [-0.25, -0.2) is 15.2 Å². The molecule has 1 aliphatic rings. The number of carbonyl (C=O) groups is 1. The molecular formula is C21H22FN7O2. The Kier molecular flexibility index (Phi) is 6.20.